The van der Waals surface area contributed by atoms with E-state index in [1.165, 1.54) is 4.70 Å². The highest BCUT2D eigenvalue weighted by atomic mass is 32.1. The van der Waals surface area contributed by atoms with Crippen molar-refractivity contribution in [3.63, 3.8) is 0 Å². The van der Waals surface area contributed by atoms with Gasteiger partial charge in [0, 0.05) is 0 Å². The van der Waals surface area contributed by atoms with Crippen LogP contribution in [0.4, 0.5) is 5.69 Å². The molecule has 2 heterocycles. The van der Waals surface area contributed by atoms with E-state index in [1.54, 1.807) is 11.3 Å². The number of hydrogen-bond donors (Lipinski definition) is 1. The summed E-state index contributed by atoms with van der Waals surface area (Å²) in [5, 5.41) is 5.70. The van der Waals surface area contributed by atoms with Gasteiger partial charge < -0.3 is 5.73 Å². The first kappa shape index (κ1) is 13.1. The average molecular weight is 286 g/mol. The van der Waals surface area contributed by atoms with Gasteiger partial charge in [0.2, 0.25) is 0 Å². The standard InChI is InChI=1S/C15H18N4S/c1-3-10-15(16)12(4-2)19(18-10)9-14-17-11-7-5-6-8-13(11)20-14/h5-8H,3-4,9,16H2,1-2H3. The summed E-state index contributed by atoms with van der Waals surface area (Å²) < 4.78 is 3.22. The molecule has 0 radical (unpaired) electrons. The molecule has 20 heavy (non-hydrogen) atoms. The molecule has 5 heteroatoms. The van der Waals surface area contributed by atoms with Crippen LogP contribution in [0.5, 0.6) is 0 Å². The molecule has 104 valence electrons. The normalized spacial score (nSPS) is 11.3. The van der Waals surface area contributed by atoms with Gasteiger partial charge in [0.25, 0.3) is 0 Å². The summed E-state index contributed by atoms with van der Waals surface area (Å²) in [7, 11) is 0. The predicted octanol–water partition coefficient (Wildman–Crippen LogP) is 3.25. The van der Waals surface area contributed by atoms with Crippen LogP contribution in [0.15, 0.2) is 24.3 Å². The van der Waals surface area contributed by atoms with Gasteiger partial charge in [0.1, 0.15) is 5.01 Å². The SMILES string of the molecule is CCc1nn(Cc2nc3ccccc3s2)c(CC)c1N. The third-order valence-electron chi connectivity index (χ3n) is 3.47. The van der Waals surface area contributed by atoms with E-state index < -0.39 is 0 Å². The lowest BCUT2D eigenvalue weighted by atomic mass is 10.2. The third kappa shape index (κ3) is 2.18. The Bertz CT molecular complexity index is 708. The van der Waals surface area contributed by atoms with Crippen molar-refractivity contribution in [2.45, 2.75) is 33.2 Å². The van der Waals surface area contributed by atoms with Gasteiger partial charge in [-0.05, 0) is 25.0 Å². The highest BCUT2D eigenvalue weighted by Crippen LogP contribution is 2.24. The number of aromatic nitrogens is 3. The molecule has 0 fully saturated rings. The fourth-order valence-corrected chi connectivity index (χ4v) is 3.40. The molecule has 3 rings (SSSR count). The molecule has 4 nitrogen and oxygen atoms in total. The number of nitrogens with two attached hydrogens (primary N) is 1. The van der Waals surface area contributed by atoms with Crippen LogP contribution in [0.1, 0.15) is 30.2 Å². The summed E-state index contributed by atoms with van der Waals surface area (Å²) in [6.07, 6.45) is 1.76. The van der Waals surface area contributed by atoms with E-state index in [4.69, 9.17) is 5.73 Å². The van der Waals surface area contributed by atoms with Crippen LogP contribution in [0.2, 0.25) is 0 Å². The zero-order chi connectivity index (χ0) is 14.1. The Morgan fingerprint density at radius 3 is 2.70 bits per heavy atom. The molecule has 0 aliphatic carbocycles. The molecule has 2 N–H and O–H groups in total. The number of nitrogens with zero attached hydrogens (tertiary/aromatic N) is 3. The van der Waals surface area contributed by atoms with E-state index in [0.29, 0.717) is 6.54 Å². The second-order valence-electron chi connectivity index (χ2n) is 4.75. The molecular formula is C15H18N4S. The van der Waals surface area contributed by atoms with E-state index in [9.17, 15) is 0 Å². The zero-order valence-corrected chi connectivity index (χ0v) is 12.6. The Balaban J connectivity index is 1.98. The minimum absolute atomic E-state index is 0.701. The second-order valence-corrected chi connectivity index (χ2v) is 5.86. The van der Waals surface area contributed by atoms with Gasteiger partial charge in [0.05, 0.1) is 33.8 Å². The molecule has 0 aliphatic heterocycles. The molecule has 1 aromatic carbocycles. The van der Waals surface area contributed by atoms with Crippen molar-refractivity contribution in [1.29, 1.82) is 0 Å². The lowest BCUT2D eigenvalue weighted by Gasteiger charge is -2.03. The first-order valence-electron chi connectivity index (χ1n) is 6.91. The van der Waals surface area contributed by atoms with E-state index in [1.807, 2.05) is 22.9 Å². The van der Waals surface area contributed by atoms with Crippen LogP contribution in [0.25, 0.3) is 10.2 Å². The number of nitrogen functional groups attached to an aromatic ring is 1. The fourth-order valence-electron chi connectivity index (χ4n) is 2.45. The van der Waals surface area contributed by atoms with Crippen molar-refractivity contribution < 1.29 is 0 Å². The summed E-state index contributed by atoms with van der Waals surface area (Å²) >= 11 is 1.72. The van der Waals surface area contributed by atoms with Crippen molar-refractivity contribution in [3.8, 4) is 0 Å². The Morgan fingerprint density at radius 2 is 2.00 bits per heavy atom. The second kappa shape index (κ2) is 5.25. The molecule has 0 atom stereocenters. The quantitative estimate of drug-likeness (QED) is 0.801. The largest absolute Gasteiger partial charge is 0.396 e. The van der Waals surface area contributed by atoms with Gasteiger partial charge >= 0.3 is 0 Å². The van der Waals surface area contributed by atoms with Gasteiger partial charge in [-0.3, -0.25) is 4.68 Å². The smallest absolute Gasteiger partial charge is 0.115 e. The number of aryl methyl sites for hydroxylation is 1. The number of fused-ring (bicyclic) bond motifs is 1. The third-order valence-corrected chi connectivity index (χ3v) is 4.49. The lowest BCUT2D eigenvalue weighted by molar-refractivity contribution is 0.639. The summed E-state index contributed by atoms with van der Waals surface area (Å²) in [6, 6.07) is 8.21. The summed E-state index contributed by atoms with van der Waals surface area (Å²) in [5.74, 6) is 0. The Labute approximate surface area is 122 Å². The summed E-state index contributed by atoms with van der Waals surface area (Å²) in [6.45, 7) is 4.90. The van der Waals surface area contributed by atoms with Gasteiger partial charge in [-0.2, -0.15) is 5.10 Å². The molecule has 0 spiro atoms. The molecular weight excluding hydrogens is 268 g/mol. The highest BCUT2D eigenvalue weighted by molar-refractivity contribution is 7.18. The van der Waals surface area contributed by atoms with E-state index >= 15 is 0 Å². The van der Waals surface area contributed by atoms with E-state index in [2.05, 4.69) is 30.0 Å². The van der Waals surface area contributed by atoms with Gasteiger partial charge in [-0.15, -0.1) is 11.3 Å². The van der Waals surface area contributed by atoms with Crippen molar-refractivity contribution in [2.24, 2.45) is 0 Å². The van der Waals surface area contributed by atoms with E-state index in [-0.39, 0.29) is 0 Å². The lowest BCUT2D eigenvalue weighted by Crippen LogP contribution is -2.06. The first-order chi connectivity index (χ1) is 9.72. The summed E-state index contributed by atoms with van der Waals surface area (Å²) in [5.41, 5.74) is 10.2. The molecule has 0 aliphatic rings. The number of anilines is 1. The molecule has 0 bridgehead atoms. The average Bonchev–Trinajstić information content (AvgIpc) is 2.99. The maximum absolute atomic E-state index is 6.15. The van der Waals surface area contributed by atoms with Crippen molar-refractivity contribution in [1.82, 2.24) is 14.8 Å². The minimum Gasteiger partial charge on any atom is -0.396 e. The van der Waals surface area contributed by atoms with Crippen LogP contribution in [0, 0.1) is 0 Å². The van der Waals surface area contributed by atoms with Crippen LogP contribution in [0.3, 0.4) is 0 Å². The number of rotatable bonds is 4. The van der Waals surface area contributed by atoms with Crippen LogP contribution in [-0.4, -0.2) is 14.8 Å². The number of hydrogen-bond acceptors (Lipinski definition) is 4. The number of thiazole rings is 1. The topological polar surface area (TPSA) is 56.7 Å². The van der Waals surface area contributed by atoms with E-state index in [0.717, 1.165) is 40.4 Å². The molecule has 0 saturated heterocycles. The monoisotopic (exact) mass is 286 g/mol. The van der Waals surface area contributed by atoms with Gasteiger partial charge in [-0.25, -0.2) is 4.98 Å². The molecule has 2 aromatic heterocycles. The predicted molar refractivity (Wildman–Crippen MR) is 84.1 cm³/mol. The van der Waals surface area contributed by atoms with Crippen molar-refractivity contribution in [2.75, 3.05) is 5.73 Å². The highest BCUT2D eigenvalue weighted by Gasteiger charge is 2.14. The molecule has 0 unspecified atom stereocenters. The minimum atomic E-state index is 0.701. The fraction of sp³-hybridized carbons (Fsp3) is 0.333. The Hall–Kier alpha value is -1.88. The Kier molecular flexibility index (Phi) is 3.44. The summed E-state index contributed by atoms with van der Waals surface area (Å²) in [4.78, 5) is 4.67. The Morgan fingerprint density at radius 1 is 1.20 bits per heavy atom. The maximum atomic E-state index is 6.15. The van der Waals surface area contributed by atoms with Crippen molar-refractivity contribution in [3.05, 3.63) is 40.7 Å². The molecule has 0 amide bonds. The van der Waals surface area contributed by atoms with Gasteiger partial charge in [0.15, 0.2) is 0 Å². The molecule has 0 saturated carbocycles. The zero-order valence-electron chi connectivity index (χ0n) is 11.8. The molecule has 3 aromatic rings. The maximum Gasteiger partial charge on any atom is 0.115 e. The first-order valence-corrected chi connectivity index (χ1v) is 7.73. The number of benzene rings is 1. The van der Waals surface area contributed by atoms with Crippen molar-refractivity contribution >= 4 is 27.2 Å². The number of para-hydroxylation sites is 1. The van der Waals surface area contributed by atoms with Gasteiger partial charge in [-0.1, -0.05) is 26.0 Å². The van der Waals surface area contributed by atoms with Crippen LogP contribution in [-0.2, 0) is 19.4 Å². The van der Waals surface area contributed by atoms with Crippen LogP contribution < -0.4 is 5.73 Å². The van der Waals surface area contributed by atoms with Crippen LogP contribution >= 0.6 is 11.3 Å².